The van der Waals surface area contributed by atoms with Crippen LogP contribution in [0.1, 0.15) is 44.2 Å². The Kier molecular flexibility index (Phi) is 11.4. The second-order valence-electron chi connectivity index (χ2n) is 14.1. The maximum absolute atomic E-state index is 14.3. The number of anilines is 1. The van der Waals surface area contributed by atoms with E-state index in [2.05, 4.69) is 89.8 Å². The van der Waals surface area contributed by atoms with Crippen molar-refractivity contribution < 1.29 is 9.59 Å². The molecule has 0 spiro atoms. The van der Waals surface area contributed by atoms with Crippen molar-refractivity contribution in [3.63, 3.8) is 0 Å². The highest BCUT2D eigenvalue weighted by Gasteiger charge is 2.40. The molecule has 1 fully saturated rings. The van der Waals surface area contributed by atoms with Gasteiger partial charge in [0, 0.05) is 37.9 Å². The standard InChI is InChI=1S/C41H49N7O2/c1-28(2)20-36-26-47(40(49)37(42)23-29-13-15-31-8-3-5-10-33(31)21-29)35(12-7-18-45-39-17-19-44-27-46-39)25-48(36)41(50)38(43)24-30-14-16-32-9-4-6-11-34(32)22-30/h3-6,8-11,13-17,19,21-22,27-28,35-38H,7,12,18,20,23-26,42-43H2,1-2H3,(H,44,45,46)/t35-,36+,37+,38+/m0/s1. The molecule has 0 saturated carbocycles. The minimum atomic E-state index is -0.699. The summed E-state index contributed by atoms with van der Waals surface area (Å²) < 4.78 is 0. The number of hydrogen-bond donors (Lipinski definition) is 3. The van der Waals surface area contributed by atoms with Crippen molar-refractivity contribution in [2.45, 2.75) is 70.1 Å². The van der Waals surface area contributed by atoms with E-state index in [0.29, 0.717) is 44.8 Å². The lowest BCUT2D eigenvalue weighted by Gasteiger charge is -2.48. The number of piperazine rings is 1. The van der Waals surface area contributed by atoms with Gasteiger partial charge < -0.3 is 26.6 Å². The Morgan fingerprint density at radius 1 is 0.760 bits per heavy atom. The molecule has 0 radical (unpaired) electrons. The second-order valence-corrected chi connectivity index (χ2v) is 14.1. The van der Waals surface area contributed by atoms with Crippen molar-refractivity contribution in [2.75, 3.05) is 25.0 Å². The predicted molar refractivity (Wildman–Crippen MR) is 201 cm³/mol. The number of amides is 2. The summed E-state index contributed by atoms with van der Waals surface area (Å²) in [7, 11) is 0. The van der Waals surface area contributed by atoms with Gasteiger partial charge >= 0.3 is 0 Å². The van der Waals surface area contributed by atoms with E-state index in [1.54, 1.807) is 6.20 Å². The van der Waals surface area contributed by atoms with Gasteiger partial charge in [-0.1, -0.05) is 98.8 Å². The molecule has 4 aromatic carbocycles. The van der Waals surface area contributed by atoms with E-state index < -0.39 is 12.1 Å². The Bertz CT molecular complexity index is 1900. The molecule has 0 aliphatic carbocycles. The first-order chi connectivity index (χ1) is 24.2. The summed E-state index contributed by atoms with van der Waals surface area (Å²) in [5.74, 6) is 0.931. The zero-order valence-corrected chi connectivity index (χ0v) is 29.1. The Balaban J connectivity index is 1.20. The van der Waals surface area contributed by atoms with Gasteiger partial charge in [0.15, 0.2) is 0 Å². The van der Waals surface area contributed by atoms with Crippen LogP contribution in [0.3, 0.4) is 0 Å². The van der Waals surface area contributed by atoms with Gasteiger partial charge in [0.2, 0.25) is 11.8 Å². The van der Waals surface area contributed by atoms with Gasteiger partial charge in [0.05, 0.1) is 12.1 Å². The quantitative estimate of drug-likeness (QED) is 0.140. The molecule has 260 valence electrons. The number of fused-ring (bicyclic) bond motifs is 2. The number of hydrogen-bond acceptors (Lipinski definition) is 7. The van der Waals surface area contributed by atoms with E-state index in [9.17, 15) is 9.59 Å². The topological polar surface area (TPSA) is 130 Å². The zero-order chi connectivity index (χ0) is 35.0. The maximum Gasteiger partial charge on any atom is 0.240 e. The van der Waals surface area contributed by atoms with Crippen LogP contribution in [-0.4, -0.2) is 75.4 Å². The van der Waals surface area contributed by atoms with Crippen molar-refractivity contribution in [2.24, 2.45) is 17.4 Å². The summed E-state index contributed by atoms with van der Waals surface area (Å²) >= 11 is 0. The molecule has 1 aromatic heterocycles. The maximum atomic E-state index is 14.3. The highest BCUT2D eigenvalue weighted by atomic mass is 16.2. The number of carbonyl (C=O) groups excluding carboxylic acids is 2. The Morgan fingerprint density at radius 3 is 1.84 bits per heavy atom. The SMILES string of the molecule is CC(C)C[C@@H]1CN(C(=O)[C@H](N)Cc2ccc3ccccc3c2)[C@@H](CCCNc2ccncn2)CN1C(=O)[C@H](N)Cc1ccc2ccccc2c1. The molecule has 0 unspecified atom stereocenters. The number of nitrogens with two attached hydrogens (primary N) is 2. The molecule has 4 atom stereocenters. The Hall–Kier alpha value is -4.86. The second kappa shape index (κ2) is 16.2. The van der Waals surface area contributed by atoms with Gasteiger partial charge in [-0.3, -0.25) is 9.59 Å². The Morgan fingerprint density at radius 2 is 1.30 bits per heavy atom. The third-order valence-corrected chi connectivity index (χ3v) is 9.78. The summed E-state index contributed by atoms with van der Waals surface area (Å²) in [6.45, 7) is 5.83. The van der Waals surface area contributed by atoms with E-state index in [1.165, 1.54) is 6.33 Å². The van der Waals surface area contributed by atoms with Crippen LogP contribution in [-0.2, 0) is 22.4 Å². The van der Waals surface area contributed by atoms with Crippen molar-refractivity contribution in [1.82, 2.24) is 19.8 Å². The molecule has 5 N–H and O–H groups in total. The van der Waals surface area contributed by atoms with Crippen LogP contribution >= 0.6 is 0 Å². The first-order valence-corrected chi connectivity index (χ1v) is 17.8. The first-order valence-electron chi connectivity index (χ1n) is 17.8. The van der Waals surface area contributed by atoms with Crippen molar-refractivity contribution >= 4 is 39.2 Å². The predicted octanol–water partition coefficient (Wildman–Crippen LogP) is 5.57. The zero-order valence-electron chi connectivity index (χ0n) is 29.1. The molecular weight excluding hydrogens is 622 g/mol. The van der Waals surface area contributed by atoms with Crippen LogP contribution in [0.5, 0.6) is 0 Å². The van der Waals surface area contributed by atoms with Crippen LogP contribution in [0, 0.1) is 5.92 Å². The van der Waals surface area contributed by atoms with Gasteiger partial charge in [-0.15, -0.1) is 0 Å². The lowest BCUT2D eigenvalue weighted by atomic mass is 9.93. The van der Waals surface area contributed by atoms with Crippen LogP contribution < -0.4 is 16.8 Å². The van der Waals surface area contributed by atoms with Gasteiger partial charge in [0.25, 0.3) is 0 Å². The number of carbonyl (C=O) groups is 2. The van der Waals surface area contributed by atoms with Gasteiger partial charge in [-0.05, 0) is 76.8 Å². The Labute approximate surface area is 295 Å². The number of rotatable bonds is 13. The summed E-state index contributed by atoms with van der Waals surface area (Å²) in [5.41, 5.74) is 15.5. The molecule has 50 heavy (non-hydrogen) atoms. The summed E-state index contributed by atoms with van der Waals surface area (Å²) in [6.07, 6.45) is 6.34. The number of nitrogens with one attached hydrogen (secondary N) is 1. The molecule has 1 saturated heterocycles. The molecule has 9 nitrogen and oxygen atoms in total. The highest BCUT2D eigenvalue weighted by molar-refractivity contribution is 5.87. The third kappa shape index (κ3) is 8.64. The lowest BCUT2D eigenvalue weighted by Crippen LogP contribution is -2.65. The third-order valence-electron chi connectivity index (χ3n) is 9.78. The molecule has 1 aliphatic heterocycles. The van der Waals surface area contributed by atoms with Crippen molar-refractivity contribution in [1.29, 1.82) is 0 Å². The van der Waals surface area contributed by atoms with Crippen LogP contribution in [0.4, 0.5) is 5.82 Å². The number of nitrogens with zero attached hydrogens (tertiary/aromatic N) is 4. The molecule has 6 rings (SSSR count). The van der Waals surface area contributed by atoms with E-state index in [-0.39, 0.29) is 23.9 Å². The van der Waals surface area contributed by atoms with Gasteiger partial charge in [-0.25, -0.2) is 9.97 Å². The minimum Gasteiger partial charge on any atom is -0.370 e. The molecule has 0 bridgehead atoms. The van der Waals surface area contributed by atoms with Crippen LogP contribution in [0.15, 0.2) is 104 Å². The molecule has 5 aromatic rings. The average Bonchev–Trinajstić information content (AvgIpc) is 3.13. The summed E-state index contributed by atoms with van der Waals surface area (Å²) in [4.78, 5) is 40.7. The largest absolute Gasteiger partial charge is 0.370 e. The fourth-order valence-corrected chi connectivity index (χ4v) is 7.27. The minimum absolute atomic E-state index is 0.0690. The number of aromatic nitrogens is 2. The normalized spacial score (nSPS) is 17.6. The molecule has 2 heterocycles. The molecule has 2 amide bonds. The molecule has 9 heteroatoms. The summed E-state index contributed by atoms with van der Waals surface area (Å²) in [5, 5.41) is 7.92. The van der Waals surface area contributed by atoms with E-state index >= 15 is 0 Å². The fraction of sp³-hybridized carbons (Fsp3) is 0.366. The fourth-order valence-electron chi connectivity index (χ4n) is 7.27. The first kappa shape index (κ1) is 35.0. The smallest absolute Gasteiger partial charge is 0.240 e. The number of benzene rings is 4. The van der Waals surface area contributed by atoms with E-state index in [1.807, 2.05) is 40.1 Å². The lowest BCUT2D eigenvalue weighted by molar-refractivity contribution is -0.149. The van der Waals surface area contributed by atoms with Crippen molar-refractivity contribution in [3.05, 3.63) is 115 Å². The molecular formula is C41H49N7O2. The highest BCUT2D eigenvalue weighted by Crippen LogP contribution is 2.26. The van der Waals surface area contributed by atoms with E-state index in [4.69, 9.17) is 11.5 Å². The van der Waals surface area contributed by atoms with Gasteiger partial charge in [0.1, 0.15) is 12.1 Å². The van der Waals surface area contributed by atoms with Gasteiger partial charge in [-0.2, -0.15) is 0 Å². The molecule has 1 aliphatic rings. The van der Waals surface area contributed by atoms with E-state index in [0.717, 1.165) is 51.3 Å². The average molecular weight is 672 g/mol. The summed E-state index contributed by atoms with van der Waals surface area (Å²) in [6, 6.07) is 29.0. The van der Waals surface area contributed by atoms with Crippen molar-refractivity contribution in [3.8, 4) is 0 Å². The van der Waals surface area contributed by atoms with Crippen LogP contribution in [0.25, 0.3) is 21.5 Å². The monoisotopic (exact) mass is 671 g/mol. The van der Waals surface area contributed by atoms with Crippen LogP contribution in [0.2, 0.25) is 0 Å².